The van der Waals surface area contributed by atoms with Crippen LogP contribution < -0.4 is 43.8 Å². The number of carboxylic acids is 1. The highest BCUT2D eigenvalue weighted by atomic mass is 16.4. The molecule has 0 aromatic heterocycles. The van der Waals surface area contributed by atoms with Crippen molar-refractivity contribution in [1.82, 2.24) is 26.6 Å². The van der Waals surface area contributed by atoms with E-state index in [1.54, 1.807) is 54.6 Å². The summed E-state index contributed by atoms with van der Waals surface area (Å²) < 4.78 is 0. The van der Waals surface area contributed by atoms with Gasteiger partial charge in [0.1, 0.15) is 30.2 Å². The number of carbonyl (C=O) groups is 9. The van der Waals surface area contributed by atoms with Crippen LogP contribution in [-0.4, -0.2) is 88.5 Å². The molecule has 0 fully saturated rings. The molecule has 8 amide bonds. The maximum absolute atomic E-state index is 13.3. The molecule has 66 heavy (non-hydrogen) atoms. The van der Waals surface area contributed by atoms with Crippen LogP contribution in [0.2, 0.25) is 0 Å². The molecule has 0 saturated heterocycles. The van der Waals surface area contributed by atoms with E-state index in [2.05, 4.69) is 26.6 Å². The number of unbranched alkanes of at least 4 members (excludes halogenated alkanes) is 11. The number of nitrogens with one attached hydrogen (secondary N) is 5. The fourth-order valence-corrected chi connectivity index (χ4v) is 7.34. The van der Waals surface area contributed by atoms with Crippen molar-refractivity contribution >= 4 is 53.2 Å². The minimum atomic E-state index is -1.28. The zero-order chi connectivity index (χ0) is 48.9. The van der Waals surface area contributed by atoms with Gasteiger partial charge in [-0.15, -0.1) is 0 Å². The van der Waals surface area contributed by atoms with Crippen LogP contribution in [0.4, 0.5) is 0 Å². The van der Waals surface area contributed by atoms with Gasteiger partial charge in [-0.05, 0) is 36.3 Å². The second kappa shape index (κ2) is 31.5. The third kappa shape index (κ3) is 24.7. The first-order valence-corrected chi connectivity index (χ1v) is 23.1. The molecule has 0 saturated carbocycles. The van der Waals surface area contributed by atoms with Crippen molar-refractivity contribution in [2.45, 2.75) is 166 Å². The number of primary amides is 3. The van der Waals surface area contributed by atoms with E-state index in [0.717, 1.165) is 69.8 Å². The zero-order valence-electron chi connectivity index (χ0n) is 38.5. The van der Waals surface area contributed by atoms with Crippen molar-refractivity contribution < 1.29 is 48.3 Å². The number of nitrogens with two attached hydrogens (primary N) is 3. The summed E-state index contributed by atoms with van der Waals surface area (Å²) in [4.78, 5) is 112. The third-order valence-electron chi connectivity index (χ3n) is 10.9. The van der Waals surface area contributed by atoms with Gasteiger partial charge in [0.15, 0.2) is 0 Å². The summed E-state index contributed by atoms with van der Waals surface area (Å²) in [5.74, 6) is -6.61. The van der Waals surface area contributed by atoms with Crippen LogP contribution >= 0.6 is 0 Å². The summed E-state index contributed by atoms with van der Waals surface area (Å²) in [5.41, 5.74) is 17.8. The van der Waals surface area contributed by atoms with Crippen molar-refractivity contribution in [3.63, 3.8) is 0 Å². The first kappa shape index (κ1) is 55.8. The molecule has 0 unspecified atom stereocenters. The van der Waals surface area contributed by atoms with E-state index in [0.29, 0.717) is 18.4 Å². The minimum Gasteiger partial charge on any atom is -0.480 e. The average Bonchev–Trinajstić information content (AvgIpc) is 3.25. The largest absolute Gasteiger partial charge is 0.480 e. The Morgan fingerprint density at radius 1 is 0.455 bits per heavy atom. The molecule has 18 nitrogen and oxygen atoms in total. The van der Waals surface area contributed by atoms with Crippen LogP contribution in [0.5, 0.6) is 0 Å². The molecule has 0 heterocycles. The summed E-state index contributed by atoms with van der Waals surface area (Å²) in [6.45, 7) is 3.72. The minimum absolute atomic E-state index is 0.0303. The highest BCUT2D eigenvalue weighted by Gasteiger charge is 2.31. The summed E-state index contributed by atoms with van der Waals surface area (Å²) >= 11 is 0. The van der Waals surface area contributed by atoms with Crippen molar-refractivity contribution in [2.24, 2.45) is 23.1 Å². The molecule has 0 radical (unpaired) electrons. The Morgan fingerprint density at radius 3 is 1.14 bits per heavy atom. The predicted octanol–water partition coefficient (Wildman–Crippen LogP) is 2.72. The topological polar surface area (TPSA) is 312 Å². The molecule has 364 valence electrons. The normalized spacial score (nSPS) is 13.3. The zero-order valence-corrected chi connectivity index (χ0v) is 38.5. The second-order valence-electron chi connectivity index (χ2n) is 17.3. The summed E-state index contributed by atoms with van der Waals surface area (Å²) in [6.07, 6.45) is 10.7. The smallest absolute Gasteiger partial charge is 0.326 e. The average molecular weight is 921 g/mol. The van der Waals surface area contributed by atoms with Crippen molar-refractivity contribution in [3.8, 4) is 0 Å². The van der Waals surface area contributed by atoms with Gasteiger partial charge in [-0.1, -0.05) is 139 Å². The summed E-state index contributed by atoms with van der Waals surface area (Å²) in [6, 6.07) is 11.9. The number of benzene rings is 2. The Hall–Kier alpha value is -6.33. The lowest BCUT2D eigenvalue weighted by molar-refractivity contribution is -0.142. The van der Waals surface area contributed by atoms with Gasteiger partial charge >= 0.3 is 5.97 Å². The molecule has 0 aliphatic carbocycles. The molecule has 18 heteroatoms. The van der Waals surface area contributed by atoms with E-state index < -0.39 is 96.3 Å². The van der Waals surface area contributed by atoms with Gasteiger partial charge in [-0.2, -0.15) is 0 Å². The van der Waals surface area contributed by atoms with E-state index >= 15 is 0 Å². The maximum atomic E-state index is 13.3. The highest BCUT2D eigenvalue weighted by molar-refractivity contribution is 5.96. The fourth-order valence-electron chi connectivity index (χ4n) is 7.34. The second-order valence-corrected chi connectivity index (χ2v) is 17.3. The van der Waals surface area contributed by atoms with Crippen LogP contribution in [0.25, 0.3) is 0 Å². The maximum Gasteiger partial charge on any atom is 0.326 e. The Bertz CT molecular complexity index is 1860. The van der Waals surface area contributed by atoms with E-state index in [4.69, 9.17) is 17.2 Å². The summed E-state index contributed by atoms with van der Waals surface area (Å²) in [7, 11) is 0. The lowest BCUT2D eigenvalue weighted by Gasteiger charge is -2.25. The van der Waals surface area contributed by atoms with Gasteiger partial charge in [-0.25, -0.2) is 4.79 Å². The van der Waals surface area contributed by atoms with Gasteiger partial charge in [0.25, 0.3) is 0 Å². The molecule has 2 rings (SSSR count). The number of carbonyl (C=O) groups excluding carboxylic acids is 8. The predicted molar refractivity (Wildman–Crippen MR) is 248 cm³/mol. The molecule has 0 aliphatic heterocycles. The molecule has 5 atom stereocenters. The van der Waals surface area contributed by atoms with Crippen LogP contribution in [-0.2, 0) is 56.0 Å². The Kier molecular flexibility index (Phi) is 26.7. The number of rotatable bonds is 35. The van der Waals surface area contributed by atoms with E-state index in [9.17, 15) is 48.3 Å². The Labute approximate surface area is 388 Å². The monoisotopic (exact) mass is 921 g/mol. The molecule has 0 spiro atoms. The number of carboxylic acid groups (broad SMARTS) is 1. The van der Waals surface area contributed by atoms with Crippen LogP contribution in [0.15, 0.2) is 60.7 Å². The molecule has 2 aromatic rings. The van der Waals surface area contributed by atoms with Gasteiger partial charge in [-0.3, -0.25) is 38.4 Å². The number of hydrogen-bond donors (Lipinski definition) is 9. The van der Waals surface area contributed by atoms with Gasteiger partial charge in [0.2, 0.25) is 47.3 Å². The first-order valence-electron chi connectivity index (χ1n) is 23.1. The lowest BCUT2D eigenvalue weighted by Crippen LogP contribution is -2.57. The molecule has 0 aliphatic rings. The molecule has 0 bridgehead atoms. The third-order valence-corrected chi connectivity index (χ3v) is 10.9. The SMILES string of the molecule is CC(C)C[C@H](NC(=O)[C@H](CC(N)=O)NC(=O)CCCCCCCCCCCCCCC(=O)N[C@@H](CC(N)=O)C(=O)N[C@@H](Cc1ccccc1)C(=O)O)C(=O)N[C@@H](Cc1ccccc1)C(N)=O. The van der Waals surface area contributed by atoms with Crippen LogP contribution in [0.1, 0.15) is 134 Å². The molecule has 2 aromatic carbocycles. The molecule has 12 N–H and O–H groups in total. The highest BCUT2D eigenvalue weighted by Crippen LogP contribution is 2.14. The number of hydrogen-bond acceptors (Lipinski definition) is 9. The van der Waals surface area contributed by atoms with Crippen molar-refractivity contribution in [1.29, 1.82) is 0 Å². The fraction of sp³-hybridized carbons (Fsp3) is 0.562. The van der Waals surface area contributed by atoms with Crippen LogP contribution in [0.3, 0.4) is 0 Å². The quantitative estimate of drug-likeness (QED) is 0.0456. The van der Waals surface area contributed by atoms with E-state index in [1.165, 1.54) is 0 Å². The Balaban J connectivity index is 1.64. The van der Waals surface area contributed by atoms with Gasteiger partial charge in [0, 0.05) is 25.7 Å². The molecular weight excluding hydrogens is 849 g/mol. The van der Waals surface area contributed by atoms with E-state index in [1.807, 2.05) is 19.9 Å². The first-order chi connectivity index (χ1) is 31.4. The van der Waals surface area contributed by atoms with Crippen LogP contribution in [0, 0.1) is 5.92 Å². The molecular formula is C48H72N8O10. The van der Waals surface area contributed by atoms with Crippen molar-refractivity contribution in [3.05, 3.63) is 71.8 Å². The standard InChI is InChI=1S/C48H72N8O10/c1-32(2)27-36(45(62)54-35(44(51)61)28-33-21-15-13-16-22-33)55-46(63)37(30-40(49)57)52-42(59)25-19-11-9-7-5-3-4-6-8-10-12-20-26-43(60)53-38(31-41(50)58)47(64)56-39(48(65)66)29-34-23-17-14-18-24-34/h13-18,21-24,32,35-39H,3-12,19-20,25-31H2,1-2H3,(H2,49,57)(H2,50,58)(H2,51,61)(H,52,59)(H,53,60)(H,54,62)(H,55,63)(H,56,64)(H,65,66)/t35-,36-,37-,38-,39-/m0/s1. The number of amides is 8. The van der Waals surface area contributed by atoms with Gasteiger partial charge in [0.05, 0.1) is 12.8 Å². The lowest BCUT2D eigenvalue weighted by atomic mass is 10.0. The van der Waals surface area contributed by atoms with Crippen molar-refractivity contribution in [2.75, 3.05) is 0 Å². The summed E-state index contributed by atoms with van der Waals surface area (Å²) in [5, 5.41) is 22.4. The van der Waals surface area contributed by atoms with E-state index in [-0.39, 0.29) is 38.0 Å². The number of aliphatic carboxylic acids is 1. The Morgan fingerprint density at radius 2 is 0.788 bits per heavy atom. The van der Waals surface area contributed by atoms with Gasteiger partial charge < -0.3 is 48.9 Å².